The monoisotopic (exact) mass is 276 g/mol. The van der Waals surface area contributed by atoms with Crippen LogP contribution >= 0.6 is 11.6 Å². The van der Waals surface area contributed by atoms with E-state index in [4.69, 9.17) is 17.3 Å². The van der Waals surface area contributed by atoms with E-state index in [0.717, 1.165) is 0 Å². The van der Waals surface area contributed by atoms with E-state index in [1.54, 1.807) is 0 Å². The number of nitrogens with two attached hydrogens (primary N) is 1. The van der Waals surface area contributed by atoms with Gasteiger partial charge in [-0.1, -0.05) is 17.7 Å². The Balaban J connectivity index is 2.86. The molecule has 0 aromatic heterocycles. The van der Waals surface area contributed by atoms with Crippen LogP contribution in [-0.4, -0.2) is 28.8 Å². The number of carbonyl (C=O) groups is 1. The third kappa shape index (κ3) is 3.32. The van der Waals surface area contributed by atoms with Gasteiger partial charge in [-0.2, -0.15) is 0 Å². The van der Waals surface area contributed by atoms with Crippen molar-refractivity contribution in [1.29, 1.82) is 0 Å². The normalized spacial score (nSPS) is 14.1. The molecule has 0 heterocycles. The summed E-state index contributed by atoms with van der Waals surface area (Å²) in [6, 6.07) is 2.56. The molecule has 0 aliphatic rings. The lowest BCUT2D eigenvalue weighted by Gasteiger charge is -2.19. The topological polar surface area (TPSA) is 95.6 Å². The first kappa shape index (κ1) is 14.7. The number of carbonyl (C=O) groups excluding carboxylic acids is 1. The minimum absolute atomic E-state index is 0.0150. The van der Waals surface area contributed by atoms with Crippen LogP contribution in [0.15, 0.2) is 12.1 Å². The molecule has 1 aromatic carbocycles. The van der Waals surface area contributed by atoms with Crippen LogP contribution in [0.3, 0.4) is 0 Å². The number of benzene rings is 1. The minimum atomic E-state index is -1.42. The van der Waals surface area contributed by atoms with Crippen LogP contribution in [0.4, 0.5) is 10.1 Å². The summed E-state index contributed by atoms with van der Waals surface area (Å²) in [6.07, 6.45) is -2.71. The Labute approximate surface area is 108 Å². The molecule has 0 radical (unpaired) electrons. The summed E-state index contributed by atoms with van der Waals surface area (Å²) in [7, 11) is 0. The summed E-state index contributed by atoms with van der Waals surface area (Å²) in [5, 5.41) is 21.4. The molecule has 5 N–H and O–H groups in total. The van der Waals surface area contributed by atoms with Crippen LogP contribution in [0.1, 0.15) is 18.6 Å². The summed E-state index contributed by atoms with van der Waals surface area (Å²) in [4.78, 5) is 10.7. The van der Waals surface area contributed by atoms with Gasteiger partial charge in [0, 0.05) is 19.0 Å². The van der Waals surface area contributed by atoms with E-state index < -0.39 is 18.0 Å². The predicted octanol–water partition coefficient (Wildman–Crippen LogP) is 0.592. The molecule has 1 aromatic rings. The first-order valence-electron chi connectivity index (χ1n) is 5.18. The first-order chi connectivity index (χ1) is 8.34. The van der Waals surface area contributed by atoms with E-state index in [0.29, 0.717) is 0 Å². The number of rotatable bonds is 4. The van der Waals surface area contributed by atoms with Gasteiger partial charge < -0.3 is 21.3 Å². The summed E-state index contributed by atoms with van der Waals surface area (Å²) in [6.45, 7) is 1.10. The molecule has 0 spiro atoms. The molecule has 1 amide bonds. The Morgan fingerprint density at radius 1 is 1.56 bits per heavy atom. The van der Waals surface area contributed by atoms with E-state index >= 15 is 0 Å². The fourth-order valence-electron chi connectivity index (χ4n) is 1.37. The number of anilines is 1. The number of nitrogens with one attached hydrogen (secondary N) is 1. The maximum atomic E-state index is 13.4. The van der Waals surface area contributed by atoms with Crippen LogP contribution in [-0.2, 0) is 4.79 Å². The molecule has 1 rings (SSSR count). The summed E-state index contributed by atoms with van der Waals surface area (Å²) in [5.74, 6) is -1.20. The van der Waals surface area contributed by atoms with Gasteiger partial charge in [-0.25, -0.2) is 4.39 Å². The smallest absolute Gasteiger partial charge is 0.216 e. The third-order valence-electron chi connectivity index (χ3n) is 2.39. The zero-order valence-corrected chi connectivity index (χ0v) is 10.4. The van der Waals surface area contributed by atoms with Crippen molar-refractivity contribution >= 4 is 23.2 Å². The highest BCUT2D eigenvalue weighted by molar-refractivity contribution is 6.31. The fraction of sp³-hybridized carbons (Fsp3) is 0.364. The van der Waals surface area contributed by atoms with Crippen molar-refractivity contribution in [2.24, 2.45) is 0 Å². The SMILES string of the molecule is CC(=O)NCC(O)C(O)c1ccc(N)c(F)c1Cl. The Morgan fingerprint density at radius 3 is 2.72 bits per heavy atom. The molecule has 2 atom stereocenters. The molecule has 0 fully saturated rings. The second-order valence-corrected chi connectivity index (χ2v) is 4.20. The van der Waals surface area contributed by atoms with E-state index in [1.807, 2.05) is 0 Å². The lowest BCUT2D eigenvalue weighted by atomic mass is 10.0. The largest absolute Gasteiger partial charge is 0.396 e. The van der Waals surface area contributed by atoms with E-state index in [2.05, 4.69) is 5.32 Å². The van der Waals surface area contributed by atoms with Crippen molar-refractivity contribution in [3.05, 3.63) is 28.5 Å². The highest BCUT2D eigenvalue weighted by Crippen LogP contribution is 2.30. The van der Waals surface area contributed by atoms with E-state index in [-0.39, 0.29) is 28.7 Å². The van der Waals surface area contributed by atoms with Gasteiger partial charge in [0.2, 0.25) is 5.91 Å². The van der Waals surface area contributed by atoms with Gasteiger partial charge in [0.1, 0.15) is 12.2 Å². The Morgan fingerprint density at radius 2 is 2.17 bits per heavy atom. The molecule has 18 heavy (non-hydrogen) atoms. The zero-order valence-electron chi connectivity index (χ0n) is 9.65. The molecule has 100 valence electrons. The van der Waals surface area contributed by atoms with Crippen LogP contribution in [0, 0.1) is 5.82 Å². The molecule has 0 bridgehead atoms. The van der Waals surface area contributed by atoms with Gasteiger partial charge in [-0.05, 0) is 6.07 Å². The van der Waals surface area contributed by atoms with Crippen molar-refractivity contribution in [3.63, 3.8) is 0 Å². The third-order valence-corrected chi connectivity index (χ3v) is 2.77. The Bertz CT molecular complexity index is 456. The van der Waals surface area contributed by atoms with E-state index in [9.17, 15) is 19.4 Å². The predicted molar refractivity (Wildman–Crippen MR) is 65.5 cm³/mol. The van der Waals surface area contributed by atoms with Crippen molar-refractivity contribution in [2.45, 2.75) is 19.1 Å². The Kier molecular flexibility index (Phi) is 4.89. The molecule has 0 aliphatic carbocycles. The van der Waals surface area contributed by atoms with Gasteiger partial charge in [-0.15, -0.1) is 0 Å². The fourth-order valence-corrected chi connectivity index (χ4v) is 1.66. The van der Waals surface area contributed by atoms with Crippen molar-refractivity contribution in [1.82, 2.24) is 5.32 Å². The highest BCUT2D eigenvalue weighted by atomic mass is 35.5. The molecule has 7 heteroatoms. The van der Waals surface area contributed by atoms with Gasteiger partial charge in [0.05, 0.1) is 10.7 Å². The molecule has 0 aliphatic heterocycles. The second-order valence-electron chi connectivity index (χ2n) is 3.82. The number of hydrogen-bond acceptors (Lipinski definition) is 4. The van der Waals surface area contributed by atoms with Gasteiger partial charge >= 0.3 is 0 Å². The number of aliphatic hydroxyl groups excluding tert-OH is 2. The number of halogens is 2. The van der Waals surface area contributed by atoms with Gasteiger partial charge in [0.25, 0.3) is 0 Å². The van der Waals surface area contributed by atoms with Crippen molar-refractivity contribution in [2.75, 3.05) is 12.3 Å². The second kappa shape index (κ2) is 5.99. The van der Waals surface area contributed by atoms with Crippen molar-refractivity contribution < 1.29 is 19.4 Å². The van der Waals surface area contributed by atoms with Crippen LogP contribution in [0.25, 0.3) is 0 Å². The quantitative estimate of drug-likeness (QED) is 0.605. The highest BCUT2D eigenvalue weighted by Gasteiger charge is 2.23. The zero-order chi connectivity index (χ0) is 13.9. The van der Waals surface area contributed by atoms with Crippen molar-refractivity contribution in [3.8, 4) is 0 Å². The number of hydrogen-bond donors (Lipinski definition) is 4. The summed E-state index contributed by atoms with van der Waals surface area (Å²) in [5.41, 5.74) is 5.17. The Hall–Kier alpha value is -1.37. The average molecular weight is 277 g/mol. The maximum absolute atomic E-state index is 13.4. The lowest BCUT2D eigenvalue weighted by Crippen LogP contribution is -2.34. The van der Waals surface area contributed by atoms with Crippen LogP contribution in [0.5, 0.6) is 0 Å². The molecule has 0 saturated heterocycles. The first-order valence-corrected chi connectivity index (χ1v) is 5.56. The van der Waals surface area contributed by atoms with Gasteiger partial charge in [0.15, 0.2) is 5.82 Å². The number of amides is 1. The van der Waals surface area contributed by atoms with Crippen LogP contribution in [0.2, 0.25) is 5.02 Å². The van der Waals surface area contributed by atoms with Crippen LogP contribution < -0.4 is 11.1 Å². The molecule has 5 nitrogen and oxygen atoms in total. The van der Waals surface area contributed by atoms with E-state index in [1.165, 1.54) is 19.1 Å². The lowest BCUT2D eigenvalue weighted by molar-refractivity contribution is -0.119. The van der Waals surface area contributed by atoms with Gasteiger partial charge in [-0.3, -0.25) is 4.79 Å². The summed E-state index contributed by atoms with van der Waals surface area (Å²) >= 11 is 5.69. The minimum Gasteiger partial charge on any atom is -0.396 e. The maximum Gasteiger partial charge on any atom is 0.216 e. The summed E-state index contributed by atoms with van der Waals surface area (Å²) < 4.78 is 13.4. The molecule has 0 saturated carbocycles. The average Bonchev–Trinajstić information content (AvgIpc) is 2.32. The standard InChI is InChI=1S/C11H14ClFN2O3/c1-5(16)15-4-8(17)11(18)6-2-3-7(14)10(13)9(6)12/h2-3,8,11,17-18H,4,14H2,1H3,(H,15,16). The molecular formula is C11H14ClFN2O3. The number of nitrogen functional groups attached to an aromatic ring is 1. The molecule has 2 unspecified atom stereocenters. The molecular weight excluding hydrogens is 263 g/mol. The number of aliphatic hydroxyl groups is 2.